The van der Waals surface area contributed by atoms with Gasteiger partial charge in [0.1, 0.15) is 5.71 Å². The molecule has 2 heterocycles. The maximum atomic E-state index is 13.4. The summed E-state index contributed by atoms with van der Waals surface area (Å²) in [5.74, 6) is 0.281. The normalized spacial score (nSPS) is 19.7. The summed E-state index contributed by atoms with van der Waals surface area (Å²) < 4.78 is 0. The molecule has 0 bridgehead atoms. The molecule has 138 valence electrons. The third-order valence-electron chi connectivity index (χ3n) is 5.20. The van der Waals surface area contributed by atoms with Crippen LogP contribution in [0.15, 0.2) is 70.9 Å². The van der Waals surface area contributed by atoms with Gasteiger partial charge < -0.3 is 5.32 Å². The van der Waals surface area contributed by atoms with Gasteiger partial charge in [-0.2, -0.15) is 0 Å². The summed E-state index contributed by atoms with van der Waals surface area (Å²) >= 11 is 0. The zero-order valence-corrected chi connectivity index (χ0v) is 16.1. The lowest BCUT2D eigenvalue weighted by molar-refractivity contribution is -0.112. The topological polar surface area (TPSA) is 44.7 Å². The number of aliphatic imine (C=N–C) groups is 1. The molecule has 1 atom stereocenters. The van der Waals surface area contributed by atoms with E-state index in [1.807, 2.05) is 35.2 Å². The Labute approximate surface area is 160 Å². The Hall–Kier alpha value is -2.88. The van der Waals surface area contributed by atoms with Crippen molar-refractivity contribution >= 4 is 17.3 Å². The number of allylic oxidation sites excluding steroid dienone is 1. The van der Waals surface area contributed by atoms with Crippen molar-refractivity contribution in [2.75, 3.05) is 18.0 Å². The molecule has 0 aliphatic carbocycles. The number of hydrogen-bond donors (Lipinski definition) is 1. The van der Waals surface area contributed by atoms with E-state index in [4.69, 9.17) is 0 Å². The molecule has 0 aromatic heterocycles. The van der Waals surface area contributed by atoms with Crippen molar-refractivity contribution in [2.24, 2.45) is 10.9 Å². The van der Waals surface area contributed by atoms with Crippen LogP contribution in [0.5, 0.6) is 0 Å². The molecule has 2 aromatic rings. The van der Waals surface area contributed by atoms with E-state index in [-0.39, 0.29) is 11.9 Å². The summed E-state index contributed by atoms with van der Waals surface area (Å²) in [7, 11) is 0. The van der Waals surface area contributed by atoms with E-state index in [1.54, 1.807) is 0 Å². The average molecular weight is 359 g/mol. The Morgan fingerprint density at radius 1 is 1.07 bits per heavy atom. The number of benzene rings is 2. The van der Waals surface area contributed by atoms with Crippen LogP contribution < -0.4 is 10.2 Å². The van der Waals surface area contributed by atoms with Crippen LogP contribution in [0.1, 0.15) is 31.0 Å². The summed E-state index contributed by atoms with van der Waals surface area (Å²) in [5.41, 5.74) is 5.99. The maximum absolute atomic E-state index is 13.4. The number of fused-ring (bicyclic) bond motifs is 1. The van der Waals surface area contributed by atoms with Crippen LogP contribution >= 0.6 is 0 Å². The second-order valence-corrected chi connectivity index (χ2v) is 7.46. The number of anilines is 1. The predicted octanol–water partition coefficient (Wildman–Crippen LogP) is 4.04. The fourth-order valence-corrected chi connectivity index (χ4v) is 3.92. The third-order valence-corrected chi connectivity index (χ3v) is 5.20. The zero-order chi connectivity index (χ0) is 19.0. The minimum absolute atomic E-state index is 0.0105. The van der Waals surface area contributed by atoms with Crippen LogP contribution in [0, 0.1) is 12.8 Å². The Kier molecular flexibility index (Phi) is 4.56. The van der Waals surface area contributed by atoms with Gasteiger partial charge in [0.05, 0.1) is 12.6 Å². The van der Waals surface area contributed by atoms with Gasteiger partial charge in [0.2, 0.25) is 0 Å². The van der Waals surface area contributed by atoms with Crippen molar-refractivity contribution in [3.63, 3.8) is 0 Å². The fraction of sp³-hybridized carbons (Fsp3) is 0.304. The maximum Gasteiger partial charge on any atom is 0.277 e. The van der Waals surface area contributed by atoms with E-state index in [2.05, 4.69) is 55.3 Å². The molecule has 2 aliphatic heterocycles. The molecule has 0 saturated carbocycles. The quantitative estimate of drug-likeness (QED) is 0.899. The molecule has 2 aromatic carbocycles. The smallest absolute Gasteiger partial charge is 0.277 e. The molecule has 4 nitrogen and oxygen atoms in total. The lowest BCUT2D eigenvalue weighted by Gasteiger charge is -2.27. The van der Waals surface area contributed by atoms with Gasteiger partial charge in [-0.15, -0.1) is 0 Å². The second-order valence-electron chi connectivity index (χ2n) is 7.46. The largest absolute Gasteiger partial charge is 0.386 e. The van der Waals surface area contributed by atoms with E-state index >= 15 is 0 Å². The second kappa shape index (κ2) is 7.03. The number of nitrogens with one attached hydrogen (secondary N) is 1. The molecule has 2 aliphatic rings. The Morgan fingerprint density at radius 3 is 2.44 bits per heavy atom. The van der Waals surface area contributed by atoms with Crippen LogP contribution in [0.4, 0.5) is 5.69 Å². The SMILES string of the molecule is Cc1ccc(C2C3=C(C(C)C)NCCN=C3C(=O)N2c2ccccc2)cc1. The van der Waals surface area contributed by atoms with Crippen molar-refractivity contribution in [3.8, 4) is 0 Å². The monoisotopic (exact) mass is 359 g/mol. The molecule has 1 amide bonds. The first-order valence-corrected chi connectivity index (χ1v) is 9.56. The number of rotatable bonds is 3. The zero-order valence-electron chi connectivity index (χ0n) is 16.1. The first-order valence-electron chi connectivity index (χ1n) is 9.56. The van der Waals surface area contributed by atoms with Crippen molar-refractivity contribution in [3.05, 3.63) is 77.0 Å². The van der Waals surface area contributed by atoms with Crippen LogP contribution in [-0.4, -0.2) is 24.7 Å². The molecule has 1 fully saturated rings. The van der Waals surface area contributed by atoms with E-state index < -0.39 is 0 Å². The van der Waals surface area contributed by atoms with Gasteiger partial charge in [0, 0.05) is 23.5 Å². The molecule has 27 heavy (non-hydrogen) atoms. The summed E-state index contributed by atoms with van der Waals surface area (Å²) in [4.78, 5) is 20.0. The van der Waals surface area contributed by atoms with Gasteiger partial charge in [-0.25, -0.2) is 0 Å². The lowest BCUT2D eigenvalue weighted by atomic mass is 9.92. The Morgan fingerprint density at radius 2 is 1.78 bits per heavy atom. The van der Waals surface area contributed by atoms with Gasteiger partial charge in [0.15, 0.2) is 0 Å². The summed E-state index contributed by atoms with van der Waals surface area (Å²) in [6, 6.07) is 18.2. The van der Waals surface area contributed by atoms with Crippen molar-refractivity contribution < 1.29 is 4.79 Å². The highest BCUT2D eigenvalue weighted by atomic mass is 16.2. The van der Waals surface area contributed by atoms with Gasteiger partial charge in [-0.05, 0) is 30.5 Å². The molecule has 1 N–H and O–H groups in total. The molecular weight excluding hydrogens is 334 g/mol. The summed E-state index contributed by atoms with van der Waals surface area (Å²) in [6.45, 7) is 7.79. The van der Waals surface area contributed by atoms with E-state index in [9.17, 15) is 4.79 Å². The van der Waals surface area contributed by atoms with Gasteiger partial charge in [0.25, 0.3) is 5.91 Å². The lowest BCUT2D eigenvalue weighted by Crippen LogP contribution is -2.30. The molecule has 0 radical (unpaired) electrons. The number of carbonyl (C=O) groups excluding carboxylic acids is 1. The molecule has 1 unspecified atom stereocenters. The molecule has 0 spiro atoms. The van der Waals surface area contributed by atoms with Crippen LogP contribution in [0.2, 0.25) is 0 Å². The van der Waals surface area contributed by atoms with Crippen LogP contribution in [0.3, 0.4) is 0 Å². The van der Waals surface area contributed by atoms with Crippen molar-refractivity contribution in [2.45, 2.75) is 26.8 Å². The first-order chi connectivity index (χ1) is 13.1. The molecular formula is C23H25N3O. The van der Waals surface area contributed by atoms with E-state index in [0.29, 0.717) is 18.2 Å². The van der Waals surface area contributed by atoms with Gasteiger partial charge >= 0.3 is 0 Å². The number of amides is 1. The Balaban J connectivity index is 1.97. The average Bonchev–Trinajstić information content (AvgIpc) is 2.82. The summed E-state index contributed by atoms with van der Waals surface area (Å²) in [6.07, 6.45) is 0. The predicted molar refractivity (Wildman–Crippen MR) is 110 cm³/mol. The van der Waals surface area contributed by atoms with Crippen LogP contribution in [0.25, 0.3) is 0 Å². The number of nitrogens with zero attached hydrogens (tertiary/aromatic N) is 2. The standard InChI is InChI=1S/C23H25N3O/c1-15(2)20-19-21(25-14-13-24-20)23(27)26(18-7-5-4-6-8-18)22(19)17-11-9-16(3)10-12-17/h4-12,15,22,24H,13-14H2,1-3H3. The number of para-hydroxylation sites is 1. The highest BCUT2D eigenvalue weighted by molar-refractivity contribution is 6.53. The highest BCUT2D eigenvalue weighted by Crippen LogP contribution is 2.42. The minimum Gasteiger partial charge on any atom is -0.386 e. The van der Waals surface area contributed by atoms with E-state index in [0.717, 1.165) is 29.1 Å². The molecule has 4 rings (SSSR count). The van der Waals surface area contributed by atoms with Gasteiger partial charge in [-0.1, -0.05) is 61.9 Å². The van der Waals surface area contributed by atoms with Crippen LogP contribution in [-0.2, 0) is 4.79 Å². The molecule has 4 heteroatoms. The Bertz CT molecular complexity index is 910. The first kappa shape index (κ1) is 17.5. The number of carbonyl (C=O) groups is 1. The highest BCUT2D eigenvalue weighted by Gasteiger charge is 2.45. The number of hydrogen-bond acceptors (Lipinski definition) is 3. The molecule has 1 saturated heterocycles. The van der Waals surface area contributed by atoms with Crippen molar-refractivity contribution in [1.82, 2.24) is 5.32 Å². The fourth-order valence-electron chi connectivity index (χ4n) is 3.92. The van der Waals surface area contributed by atoms with Gasteiger partial charge in [-0.3, -0.25) is 14.7 Å². The number of aryl methyl sites for hydroxylation is 1. The van der Waals surface area contributed by atoms with E-state index in [1.165, 1.54) is 5.56 Å². The summed E-state index contributed by atoms with van der Waals surface area (Å²) in [5, 5.41) is 3.54. The third kappa shape index (κ3) is 3.05. The minimum atomic E-state index is -0.165. The van der Waals surface area contributed by atoms with Crippen molar-refractivity contribution in [1.29, 1.82) is 0 Å².